The lowest BCUT2D eigenvalue weighted by Crippen LogP contribution is -2.57. The summed E-state index contributed by atoms with van der Waals surface area (Å²) in [5.41, 5.74) is -0.802. The molecule has 0 unspecified atom stereocenters. The van der Waals surface area contributed by atoms with Crippen molar-refractivity contribution in [2.75, 3.05) is 13.7 Å². The molecular formula is C24H35Br2N3O6. The Morgan fingerprint density at radius 3 is 2.23 bits per heavy atom. The Hall–Kier alpha value is -1.98. The second kappa shape index (κ2) is 12.8. The Bertz CT molecular complexity index is 954. The highest BCUT2D eigenvalue weighted by Crippen LogP contribution is 2.31. The zero-order valence-electron chi connectivity index (χ0n) is 21.4. The third kappa shape index (κ3) is 10.3. The molecule has 1 aromatic carbocycles. The first-order chi connectivity index (χ1) is 16.0. The second-order valence-corrected chi connectivity index (χ2v) is 11.9. The molecule has 1 rings (SSSR count). The minimum Gasteiger partial charge on any atom is -0.506 e. The molecule has 0 fully saturated rings. The van der Waals surface area contributed by atoms with Crippen molar-refractivity contribution in [3.63, 3.8) is 0 Å². The molecule has 11 heteroatoms. The van der Waals surface area contributed by atoms with Crippen molar-refractivity contribution in [2.24, 2.45) is 10.4 Å². The quantitative estimate of drug-likeness (QED) is 0.285. The molecule has 0 radical (unpaired) electrons. The van der Waals surface area contributed by atoms with Gasteiger partial charge in [-0.1, -0.05) is 36.7 Å². The minimum atomic E-state index is -1.10. The number of phenolic OH excluding ortho intramolecular Hbond substituents is 1. The van der Waals surface area contributed by atoms with Crippen LogP contribution in [0, 0.1) is 5.41 Å². The van der Waals surface area contributed by atoms with Crippen molar-refractivity contribution in [2.45, 2.75) is 72.3 Å². The van der Waals surface area contributed by atoms with E-state index in [1.165, 1.54) is 13.3 Å². The van der Waals surface area contributed by atoms with E-state index >= 15 is 0 Å². The van der Waals surface area contributed by atoms with E-state index in [-0.39, 0.29) is 12.3 Å². The van der Waals surface area contributed by atoms with E-state index in [4.69, 9.17) is 4.74 Å². The van der Waals surface area contributed by atoms with Crippen LogP contribution in [0.25, 0.3) is 0 Å². The summed E-state index contributed by atoms with van der Waals surface area (Å²) in [6, 6.07) is 1.36. The van der Waals surface area contributed by atoms with Gasteiger partial charge in [0.1, 0.15) is 24.4 Å². The number of carbonyl (C=O) groups excluding carboxylic acids is 3. The zero-order valence-corrected chi connectivity index (χ0v) is 24.5. The van der Waals surface area contributed by atoms with E-state index in [2.05, 4.69) is 52.2 Å². The molecule has 0 saturated carbocycles. The van der Waals surface area contributed by atoms with Gasteiger partial charge in [-0.2, -0.15) is 0 Å². The summed E-state index contributed by atoms with van der Waals surface area (Å²) >= 11 is 6.65. The molecule has 0 spiro atoms. The summed E-state index contributed by atoms with van der Waals surface area (Å²) < 4.78 is 11.7. The number of aromatic hydroxyl groups is 1. The number of amides is 2. The maximum atomic E-state index is 13.4. The van der Waals surface area contributed by atoms with Crippen LogP contribution >= 0.6 is 31.9 Å². The van der Waals surface area contributed by atoms with Crippen LogP contribution < -0.4 is 10.6 Å². The summed E-state index contributed by atoms with van der Waals surface area (Å²) in [5.74, 6) is -1.74. The fraction of sp³-hybridized carbons (Fsp3) is 0.583. The van der Waals surface area contributed by atoms with Gasteiger partial charge in [-0.05, 0) is 61.2 Å². The van der Waals surface area contributed by atoms with E-state index in [1.54, 1.807) is 19.1 Å². The molecule has 9 nitrogen and oxygen atoms in total. The van der Waals surface area contributed by atoms with Crippen LogP contribution in [0.1, 0.15) is 54.0 Å². The molecule has 0 aliphatic rings. The van der Waals surface area contributed by atoms with Crippen molar-refractivity contribution in [1.82, 2.24) is 10.6 Å². The predicted molar refractivity (Wildman–Crippen MR) is 142 cm³/mol. The number of hydrogen-bond acceptors (Lipinski definition) is 7. The molecule has 3 atom stereocenters. The van der Waals surface area contributed by atoms with Gasteiger partial charge >= 0.3 is 5.97 Å². The Balaban J connectivity index is 3.25. The van der Waals surface area contributed by atoms with Crippen molar-refractivity contribution < 1.29 is 29.0 Å². The van der Waals surface area contributed by atoms with Crippen LogP contribution in [-0.2, 0) is 23.9 Å². The molecular weight excluding hydrogens is 586 g/mol. The maximum absolute atomic E-state index is 13.4. The number of halogens is 2. The molecule has 0 aliphatic heterocycles. The lowest BCUT2D eigenvalue weighted by Gasteiger charge is -2.33. The molecule has 0 saturated heterocycles. The average Bonchev–Trinajstić information content (AvgIpc) is 2.70. The molecule has 0 bridgehead atoms. The van der Waals surface area contributed by atoms with E-state index in [9.17, 15) is 19.5 Å². The van der Waals surface area contributed by atoms with Gasteiger partial charge in [-0.25, -0.2) is 0 Å². The number of nitrogens with zero attached hydrogens (tertiary/aromatic N) is 1. The molecule has 196 valence electrons. The molecule has 35 heavy (non-hydrogen) atoms. The maximum Gasteiger partial charge on any atom is 0.325 e. The third-order valence-corrected chi connectivity index (χ3v) is 5.78. The van der Waals surface area contributed by atoms with Crippen molar-refractivity contribution in [3.8, 4) is 5.75 Å². The summed E-state index contributed by atoms with van der Waals surface area (Å²) in [6.07, 6.45) is 0.702. The first-order valence-electron chi connectivity index (χ1n) is 11.0. The van der Waals surface area contributed by atoms with Gasteiger partial charge in [0.05, 0.1) is 23.3 Å². The van der Waals surface area contributed by atoms with Crippen LogP contribution in [0.4, 0.5) is 0 Å². The van der Waals surface area contributed by atoms with Crippen LogP contribution in [0.2, 0.25) is 0 Å². The zero-order chi connectivity index (χ0) is 27.1. The van der Waals surface area contributed by atoms with Gasteiger partial charge in [0.2, 0.25) is 11.8 Å². The number of carbonyl (C=O) groups is 3. The summed E-state index contributed by atoms with van der Waals surface area (Å²) in [6.45, 7) is 12.3. The number of phenols is 1. The van der Waals surface area contributed by atoms with E-state index in [0.29, 0.717) is 10.0 Å². The van der Waals surface area contributed by atoms with Crippen molar-refractivity contribution in [3.05, 3.63) is 26.6 Å². The smallest absolute Gasteiger partial charge is 0.325 e. The number of ether oxygens (including phenoxy) is 2. The highest BCUT2D eigenvalue weighted by Gasteiger charge is 2.36. The Morgan fingerprint density at radius 2 is 1.71 bits per heavy atom. The number of methoxy groups -OCH3 is 1. The van der Waals surface area contributed by atoms with Gasteiger partial charge < -0.3 is 25.2 Å². The lowest BCUT2D eigenvalue weighted by molar-refractivity contribution is -0.143. The van der Waals surface area contributed by atoms with Crippen LogP contribution in [0.5, 0.6) is 5.75 Å². The van der Waals surface area contributed by atoms with Crippen LogP contribution in [-0.4, -0.2) is 66.5 Å². The van der Waals surface area contributed by atoms with Gasteiger partial charge in [0.15, 0.2) is 0 Å². The minimum absolute atomic E-state index is 0.0164. The Kier molecular flexibility index (Phi) is 11.4. The number of hydrogen-bond donors (Lipinski definition) is 3. The van der Waals surface area contributed by atoms with Gasteiger partial charge in [0, 0.05) is 16.3 Å². The summed E-state index contributed by atoms with van der Waals surface area (Å²) in [7, 11) is 1.21. The predicted octanol–water partition coefficient (Wildman–Crippen LogP) is 3.73. The van der Waals surface area contributed by atoms with Gasteiger partial charge in [-0.15, -0.1) is 0 Å². The fourth-order valence-electron chi connectivity index (χ4n) is 3.12. The van der Waals surface area contributed by atoms with E-state index in [1.807, 2.05) is 41.5 Å². The highest BCUT2D eigenvalue weighted by atomic mass is 79.9. The SMILES string of the molecule is COC(=O)CNC(=O)[C@@H](NC(=O)[C@@H](N=Cc1cc(Br)cc(Br)c1O)C(C)(C)C)[C@@H](C)OC(C)(C)C. The summed E-state index contributed by atoms with van der Waals surface area (Å²) in [4.78, 5) is 42.2. The molecule has 0 aliphatic carbocycles. The highest BCUT2D eigenvalue weighted by molar-refractivity contribution is 9.11. The molecule has 0 aromatic heterocycles. The standard InChI is InChI=1S/C24H35Br2N3O6/c1-13(35-24(5,6)7)18(21(32)28-12-17(30)34-8)29-22(33)20(23(2,3)4)27-11-14-9-15(25)10-16(26)19(14)31/h9-11,13,18,20,31H,12H2,1-8H3,(H,28,32)(H,29,33)/t13-,18+,20-/m1/s1. The number of aliphatic imine (C=N–C) groups is 1. The lowest BCUT2D eigenvalue weighted by atomic mass is 9.86. The molecule has 1 aromatic rings. The Morgan fingerprint density at radius 1 is 1.11 bits per heavy atom. The largest absolute Gasteiger partial charge is 0.506 e. The normalized spacial score (nSPS) is 14.8. The topological polar surface area (TPSA) is 126 Å². The van der Waals surface area contributed by atoms with Crippen molar-refractivity contribution >= 4 is 55.9 Å². The van der Waals surface area contributed by atoms with Crippen molar-refractivity contribution in [1.29, 1.82) is 0 Å². The first-order valence-corrected chi connectivity index (χ1v) is 12.6. The second-order valence-electron chi connectivity index (χ2n) is 10.1. The molecule has 3 N–H and O–H groups in total. The van der Waals surface area contributed by atoms with Gasteiger partial charge in [0.25, 0.3) is 0 Å². The number of rotatable bonds is 9. The van der Waals surface area contributed by atoms with Crippen LogP contribution in [0.3, 0.4) is 0 Å². The summed E-state index contributed by atoms with van der Waals surface area (Å²) in [5, 5.41) is 15.5. The average molecular weight is 621 g/mol. The molecule has 2 amide bonds. The fourth-order valence-corrected chi connectivity index (χ4v) is 4.38. The monoisotopic (exact) mass is 619 g/mol. The van der Waals surface area contributed by atoms with E-state index in [0.717, 1.165) is 4.47 Å². The van der Waals surface area contributed by atoms with E-state index < -0.39 is 47.0 Å². The Labute approximate surface area is 223 Å². The number of esters is 1. The third-order valence-electron chi connectivity index (χ3n) is 4.71. The first kappa shape index (κ1) is 31.1. The number of benzene rings is 1. The van der Waals surface area contributed by atoms with Crippen LogP contribution in [0.15, 0.2) is 26.1 Å². The number of nitrogens with one attached hydrogen (secondary N) is 2. The molecule has 0 heterocycles. The van der Waals surface area contributed by atoms with Gasteiger partial charge in [-0.3, -0.25) is 19.4 Å².